The van der Waals surface area contributed by atoms with Gasteiger partial charge in [-0.25, -0.2) is 0 Å². The maximum atomic E-state index is 5.52. The molecule has 0 amide bonds. The molecule has 3 nitrogen and oxygen atoms in total. The molecule has 0 fully saturated rings. The Morgan fingerprint density at radius 1 is 1.25 bits per heavy atom. The Morgan fingerprint density at radius 3 is 3.00 bits per heavy atom. The molecule has 1 aliphatic heterocycles. The monoisotopic (exact) mass is 333 g/mol. The van der Waals surface area contributed by atoms with Crippen LogP contribution >= 0.6 is 15.9 Å². The van der Waals surface area contributed by atoms with Crippen LogP contribution < -0.4 is 14.8 Å². The smallest absolute Gasteiger partial charge is 0.122 e. The van der Waals surface area contributed by atoms with Crippen molar-refractivity contribution in [2.45, 2.75) is 13.0 Å². The second-order valence-electron chi connectivity index (χ2n) is 4.77. The van der Waals surface area contributed by atoms with Gasteiger partial charge in [-0.3, -0.25) is 0 Å². The van der Waals surface area contributed by atoms with Gasteiger partial charge in [-0.2, -0.15) is 0 Å². The largest absolute Gasteiger partial charge is 0.497 e. The third kappa shape index (κ3) is 2.90. The summed E-state index contributed by atoms with van der Waals surface area (Å²) in [4.78, 5) is 0. The zero-order chi connectivity index (χ0) is 13.9. The highest BCUT2D eigenvalue weighted by Gasteiger charge is 2.11. The van der Waals surface area contributed by atoms with Gasteiger partial charge in [-0.1, -0.05) is 28.1 Å². The molecule has 2 aromatic rings. The van der Waals surface area contributed by atoms with Gasteiger partial charge in [0.25, 0.3) is 0 Å². The zero-order valence-electron chi connectivity index (χ0n) is 11.3. The minimum atomic E-state index is 0.785. The van der Waals surface area contributed by atoms with Crippen LogP contribution in [0.2, 0.25) is 0 Å². The van der Waals surface area contributed by atoms with Gasteiger partial charge in [0.15, 0.2) is 0 Å². The fraction of sp³-hybridized carbons (Fsp3) is 0.250. The Balaban J connectivity index is 1.71. The molecule has 0 aromatic heterocycles. The lowest BCUT2D eigenvalue weighted by Gasteiger charge is -2.10. The molecule has 0 atom stereocenters. The van der Waals surface area contributed by atoms with E-state index in [-0.39, 0.29) is 0 Å². The molecule has 20 heavy (non-hydrogen) atoms. The maximum Gasteiger partial charge on any atom is 0.122 e. The number of rotatable bonds is 4. The van der Waals surface area contributed by atoms with E-state index in [1.165, 1.54) is 11.1 Å². The molecule has 104 valence electrons. The first-order valence-corrected chi connectivity index (χ1v) is 7.37. The molecule has 1 aliphatic rings. The predicted molar refractivity (Wildman–Crippen MR) is 83.7 cm³/mol. The van der Waals surface area contributed by atoms with Gasteiger partial charge in [0.05, 0.1) is 13.7 Å². The van der Waals surface area contributed by atoms with Gasteiger partial charge in [0, 0.05) is 29.2 Å². The first-order valence-electron chi connectivity index (χ1n) is 6.57. The summed E-state index contributed by atoms with van der Waals surface area (Å²) in [5.74, 6) is 1.86. The summed E-state index contributed by atoms with van der Waals surface area (Å²) < 4.78 is 11.8. The highest BCUT2D eigenvalue weighted by Crippen LogP contribution is 2.27. The quantitative estimate of drug-likeness (QED) is 0.917. The minimum absolute atomic E-state index is 0.785. The van der Waals surface area contributed by atoms with E-state index in [1.807, 2.05) is 18.2 Å². The molecule has 0 unspecified atom stereocenters. The van der Waals surface area contributed by atoms with Crippen molar-refractivity contribution in [3.63, 3.8) is 0 Å². The number of fused-ring (bicyclic) bond motifs is 1. The van der Waals surface area contributed by atoms with Crippen LogP contribution in [0.3, 0.4) is 0 Å². The highest BCUT2D eigenvalue weighted by molar-refractivity contribution is 9.10. The molecule has 3 rings (SSSR count). The molecule has 4 heteroatoms. The van der Waals surface area contributed by atoms with Crippen molar-refractivity contribution in [2.75, 3.05) is 19.0 Å². The second kappa shape index (κ2) is 5.75. The van der Waals surface area contributed by atoms with Gasteiger partial charge in [-0.05, 0) is 29.3 Å². The molecule has 0 bridgehead atoms. The van der Waals surface area contributed by atoms with E-state index in [0.717, 1.165) is 41.2 Å². The lowest BCUT2D eigenvalue weighted by Crippen LogP contribution is -2.00. The van der Waals surface area contributed by atoms with Gasteiger partial charge in [0.2, 0.25) is 0 Å². The normalized spacial score (nSPS) is 12.7. The topological polar surface area (TPSA) is 30.5 Å². The lowest BCUT2D eigenvalue weighted by molar-refractivity contribution is 0.357. The number of ether oxygens (including phenoxy) is 2. The van der Waals surface area contributed by atoms with Crippen LogP contribution in [0.4, 0.5) is 5.69 Å². The molecule has 1 heterocycles. The van der Waals surface area contributed by atoms with E-state index in [4.69, 9.17) is 9.47 Å². The van der Waals surface area contributed by atoms with E-state index in [2.05, 4.69) is 39.4 Å². The Labute approximate surface area is 127 Å². The molecule has 0 saturated heterocycles. The number of hydrogen-bond donors (Lipinski definition) is 1. The average Bonchev–Trinajstić information content (AvgIpc) is 2.92. The van der Waals surface area contributed by atoms with Crippen molar-refractivity contribution < 1.29 is 9.47 Å². The molecular formula is C16H16BrNO2. The second-order valence-corrected chi connectivity index (χ2v) is 5.69. The van der Waals surface area contributed by atoms with Crippen molar-refractivity contribution >= 4 is 21.6 Å². The number of halogens is 1. The molecule has 0 aliphatic carbocycles. The number of nitrogens with one attached hydrogen (secondary N) is 1. The SMILES string of the molecule is COc1cc(Br)cc(NCc2ccc3c(c2)CCO3)c1. The summed E-state index contributed by atoms with van der Waals surface area (Å²) in [6.45, 7) is 1.59. The number of methoxy groups -OCH3 is 1. The summed E-state index contributed by atoms with van der Waals surface area (Å²) >= 11 is 3.48. The summed E-state index contributed by atoms with van der Waals surface area (Å²) in [7, 11) is 1.67. The molecule has 0 saturated carbocycles. The van der Waals surface area contributed by atoms with E-state index in [0.29, 0.717) is 0 Å². The Kier molecular flexibility index (Phi) is 3.83. The van der Waals surface area contributed by atoms with Crippen molar-refractivity contribution in [1.82, 2.24) is 0 Å². The highest BCUT2D eigenvalue weighted by atomic mass is 79.9. The standard InChI is InChI=1S/C16H16BrNO2/c1-19-15-8-13(17)7-14(9-15)18-10-11-2-3-16-12(6-11)4-5-20-16/h2-3,6-9,18H,4-5,10H2,1H3. The van der Waals surface area contributed by atoms with E-state index < -0.39 is 0 Å². The van der Waals surface area contributed by atoms with Crippen LogP contribution in [0.15, 0.2) is 40.9 Å². The van der Waals surface area contributed by atoms with Gasteiger partial charge in [-0.15, -0.1) is 0 Å². The summed E-state index contributed by atoms with van der Waals surface area (Å²) in [6.07, 6.45) is 1.01. The van der Waals surface area contributed by atoms with E-state index >= 15 is 0 Å². The van der Waals surface area contributed by atoms with Crippen LogP contribution in [-0.4, -0.2) is 13.7 Å². The van der Waals surface area contributed by atoms with Gasteiger partial charge in [0.1, 0.15) is 11.5 Å². The zero-order valence-corrected chi connectivity index (χ0v) is 12.9. The summed E-state index contributed by atoms with van der Waals surface area (Å²) in [5.41, 5.74) is 3.59. The molecule has 0 radical (unpaired) electrons. The van der Waals surface area contributed by atoms with E-state index in [9.17, 15) is 0 Å². The maximum absolute atomic E-state index is 5.52. The number of hydrogen-bond acceptors (Lipinski definition) is 3. The fourth-order valence-electron chi connectivity index (χ4n) is 2.34. The van der Waals surface area contributed by atoms with Crippen LogP contribution in [0.25, 0.3) is 0 Å². The third-order valence-corrected chi connectivity index (χ3v) is 3.82. The Bertz CT molecular complexity index is 628. The van der Waals surface area contributed by atoms with Crippen LogP contribution in [0.1, 0.15) is 11.1 Å². The molecule has 1 N–H and O–H groups in total. The molecule has 2 aromatic carbocycles. The van der Waals surface area contributed by atoms with Crippen LogP contribution in [0.5, 0.6) is 11.5 Å². The number of anilines is 1. The third-order valence-electron chi connectivity index (χ3n) is 3.36. The summed E-state index contributed by atoms with van der Waals surface area (Å²) in [6, 6.07) is 12.3. The number of benzene rings is 2. The fourth-order valence-corrected chi connectivity index (χ4v) is 2.81. The first-order chi connectivity index (χ1) is 9.74. The van der Waals surface area contributed by atoms with Crippen LogP contribution in [0, 0.1) is 0 Å². The van der Waals surface area contributed by atoms with Crippen molar-refractivity contribution in [3.05, 3.63) is 52.0 Å². The minimum Gasteiger partial charge on any atom is -0.497 e. The predicted octanol–water partition coefficient (Wildman–Crippen LogP) is 4.00. The van der Waals surface area contributed by atoms with Gasteiger partial charge >= 0.3 is 0 Å². The van der Waals surface area contributed by atoms with Crippen molar-refractivity contribution in [2.24, 2.45) is 0 Å². The van der Waals surface area contributed by atoms with Crippen molar-refractivity contribution in [1.29, 1.82) is 0 Å². The van der Waals surface area contributed by atoms with Crippen molar-refractivity contribution in [3.8, 4) is 11.5 Å². The van der Waals surface area contributed by atoms with E-state index in [1.54, 1.807) is 7.11 Å². The van der Waals surface area contributed by atoms with Gasteiger partial charge < -0.3 is 14.8 Å². The lowest BCUT2D eigenvalue weighted by atomic mass is 10.1. The Morgan fingerprint density at radius 2 is 2.15 bits per heavy atom. The average molecular weight is 334 g/mol. The Hall–Kier alpha value is -1.68. The molecular weight excluding hydrogens is 318 g/mol. The van der Waals surface area contributed by atoms with Crippen LogP contribution in [-0.2, 0) is 13.0 Å². The molecule has 0 spiro atoms. The first kappa shape index (κ1) is 13.3. The summed E-state index contributed by atoms with van der Waals surface area (Å²) in [5, 5.41) is 3.42.